The minimum Gasteiger partial charge on any atom is -0.352 e. The molecule has 0 fully saturated rings. The summed E-state index contributed by atoms with van der Waals surface area (Å²) in [5.41, 5.74) is 7.51. The highest BCUT2D eigenvalue weighted by Gasteiger charge is 2.12. The number of rotatable bonds is 5. The summed E-state index contributed by atoms with van der Waals surface area (Å²) in [4.78, 5) is 10.2. The van der Waals surface area contributed by atoms with Crippen molar-refractivity contribution in [2.45, 2.75) is 20.0 Å². The van der Waals surface area contributed by atoms with Crippen LogP contribution < -0.4 is 10.6 Å². The van der Waals surface area contributed by atoms with Crippen LogP contribution in [0, 0.1) is 5.82 Å². The second kappa shape index (κ2) is 6.24. The fourth-order valence-electron chi connectivity index (χ4n) is 1.95. The van der Waals surface area contributed by atoms with Gasteiger partial charge in [-0.25, -0.2) is 9.37 Å². The van der Waals surface area contributed by atoms with E-state index < -0.39 is 0 Å². The van der Waals surface area contributed by atoms with E-state index in [1.807, 2.05) is 19.1 Å². The summed E-state index contributed by atoms with van der Waals surface area (Å²) >= 11 is 0. The molecule has 2 rings (SSSR count). The highest BCUT2D eigenvalue weighted by atomic mass is 19.1. The van der Waals surface area contributed by atoms with Gasteiger partial charge >= 0.3 is 0 Å². The number of aromatic nitrogens is 2. The maximum Gasteiger partial charge on any atom is 0.141 e. The molecule has 0 aromatic carbocycles. The number of nitrogens with two attached hydrogens (primary N) is 1. The highest BCUT2D eigenvalue weighted by Crippen LogP contribution is 2.20. The van der Waals surface area contributed by atoms with Crippen LogP contribution >= 0.6 is 0 Å². The van der Waals surface area contributed by atoms with E-state index in [4.69, 9.17) is 5.73 Å². The third-order valence-electron chi connectivity index (χ3n) is 2.93. The molecule has 0 spiro atoms. The van der Waals surface area contributed by atoms with Crippen molar-refractivity contribution in [3.8, 4) is 0 Å². The molecule has 0 aliphatic heterocycles. The van der Waals surface area contributed by atoms with Crippen molar-refractivity contribution < 1.29 is 4.39 Å². The molecule has 0 unspecified atom stereocenters. The van der Waals surface area contributed by atoms with Gasteiger partial charge in [0, 0.05) is 37.6 Å². The fraction of sp³-hybridized carbons (Fsp3) is 0.286. The monoisotopic (exact) mass is 260 g/mol. The van der Waals surface area contributed by atoms with Crippen LogP contribution in [0.1, 0.15) is 18.1 Å². The van der Waals surface area contributed by atoms with Crippen molar-refractivity contribution >= 4 is 5.82 Å². The van der Waals surface area contributed by atoms with Crippen LogP contribution in [0.25, 0.3) is 0 Å². The lowest BCUT2D eigenvalue weighted by atomic mass is 10.2. The quantitative estimate of drug-likeness (QED) is 0.894. The molecule has 19 heavy (non-hydrogen) atoms. The van der Waals surface area contributed by atoms with E-state index in [9.17, 15) is 4.39 Å². The Bertz CT molecular complexity index is 530. The molecule has 0 atom stereocenters. The maximum absolute atomic E-state index is 13.2. The van der Waals surface area contributed by atoms with Crippen LogP contribution in [0.15, 0.2) is 36.8 Å². The summed E-state index contributed by atoms with van der Waals surface area (Å²) in [6, 6.07) is 5.35. The van der Waals surface area contributed by atoms with Crippen molar-refractivity contribution in [2.24, 2.45) is 5.73 Å². The molecule has 2 heterocycles. The Kier molecular flexibility index (Phi) is 4.41. The molecular formula is C14H17FN4. The summed E-state index contributed by atoms with van der Waals surface area (Å²) in [6.45, 7) is 3.78. The topological polar surface area (TPSA) is 55.0 Å². The number of hydrogen-bond donors (Lipinski definition) is 1. The van der Waals surface area contributed by atoms with E-state index in [0.717, 1.165) is 23.5 Å². The predicted octanol–water partition coefficient (Wildman–Crippen LogP) is 2.10. The van der Waals surface area contributed by atoms with Crippen molar-refractivity contribution in [3.05, 3.63) is 53.7 Å². The van der Waals surface area contributed by atoms with Gasteiger partial charge in [0.2, 0.25) is 0 Å². The molecule has 0 amide bonds. The molecule has 2 aromatic heterocycles. The van der Waals surface area contributed by atoms with Gasteiger partial charge in [0.15, 0.2) is 0 Å². The predicted molar refractivity (Wildman–Crippen MR) is 73.0 cm³/mol. The Balaban J connectivity index is 2.27. The van der Waals surface area contributed by atoms with Gasteiger partial charge in [-0.2, -0.15) is 0 Å². The Morgan fingerprint density at radius 1 is 1.32 bits per heavy atom. The largest absolute Gasteiger partial charge is 0.352 e. The number of anilines is 1. The Labute approximate surface area is 112 Å². The normalized spacial score (nSPS) is 10.5. The van der Waals surface area contributed by atoms with E-state index in [0.29, 0.717) is 6.54 Å². The molecule has 0 saturated carbocycles. The van der Waals surface area contributed by atoms with Crippen LogP contribution in [-0.4, -0.2) is 16.5 Å². The molecular weight excluding hydrogens is 243 g/mol. The number of halogens is 1. The van der Waals surface area contributed by atoms with Gasteiger partial charge in [0.05, 0.1) is 6.20 Å². The second-order valence-electron chi connectivity index (χ2n) is 4.21. The van der Waals surface area contributed by atoms with Crippen molar-refractivity contribution in [2.75, 3.05) is 11.4 Å². The van der Waals surface area contributed by atoms with Gasteiger partial charge in [0.25, 0.3) is 0 Å². The highest BCUT2D eigenvalue weighted by molar-refractivity contribution is 5.47. The van der Waals surface area contributed by atoms with Crippen molar-refractivity contribution in [3.63, 3.8) is 0 Å². The molecule has 0 saturated heterocycles. The summed E-state index contributed by atoms with van der Waals surface area (Å²) in [7, 11) is 0. The molecule has 0 aliphatic carbocycles. The number of hydrogen-bond acceptors (Lipinski definition) is 4. The SMILES string of the molecule is CCN(Cc1ccncc1)c1ncc(F)cc1CN. The van der Waals surface area contributed by atoms with Gasteiger partial charge in [-0.05, 0) is 30.7 Å². The minimum absolute atomic E-state index is 0.271. The average Bonchev–Trinajstić information content (AvgIpc) is 2.46. The summed E-state index contributed by atoms with van der Waals surface area (Å²) in [5.74, 6) is 0.382. The maximum atomic E-state index is 13.2. The summed E-state index contributed by atoms with van der Waals surface area (Å²) in [5, 5.41) is 0. The Hall–Kier alpha value is -2.01. The lowest BCUT2D eigenvalue weighted by molar-refractivity contribution is 0.617. The van der Waals surface area contributed by atoms with Gasteiger partial charge in [-0.1, -0.05) is 0 Å². The summed E-state index contributed by atoms with van der Waals surface area (Å²) < 4.78 is 13.2. The molecule has 5 heteroatoms. The zero-order chi connectivity index (χ0) is 13.7. The standard InChI is InChI=1S/C14H17FN4/c1-2-19(10-11-3-5-17-6-4-11)14-12(8-16)7-13(15)9-18-14/h3-7,9H,2,8,10,16H2,1H3. The first-order valence-electron chi connectivity index (χ1n) is 6.23. The lowest BCUT2D eigenvalue weighted by Gasteiger charge is -2.24. The van der Waals surface area contributed by atoms with Gasteiger partial charge in [-0.15, -0.1) is 0 Å². The number of pyridine rings is 2. The molecule has 0 bridgehead atoms. The smallest absolute Gasteiger partial charge is 0.141 e. The van der Waals surface area contributed by atoms with Crippen molar-refractivity contribution in [1.29, 1.82) is 0 Å². The van der Waals surface area contributed by atoms with Gasteiger partial charge in [0.1, 0.15) is 11.6 Å². The molecule has 100 valence electrons. The van der Waals surface area contributed by atoms with Crippen LogP contribution in [0.3, 0.4) is 0 Å². The average molecular weight is 260 g/mol. The lowest BCUT2D eigenvalue weighted by Crippen LogP contribution is -2.25. The van der Waals surface area contributed by atoms with Crippen LogP contribution in [-0.2, 0) is 13.1 Å². The van der Waals surface area contributed by atoms with Crippen LogP contribution in [0.4, 0.5) is 10.2 Å². The Morgan fingerprint density at radius 3 is 2.68 bits per heavy atom. The van der Waals surface area contributed by atoms with Crippen LogP contribution in [0.5, 0.6) is 0 Å². The van der Waals surface area contributed by atoms with E-state index in [1.54, 1.807) is 12.4 Å². The first-order chi connectivity index (χ1) is 9.24. The van der Waals surface area contributed by atoms with Gasteiger partial charge < -0.3 is 10.6 Å². The zero-order valence-electron chi connectivity index (χ0n) is 10.9. The van der Waals surface area contributed by atoms with Crippen molar-refractivity contribution in [1.82, 2.24) is 9.97 Å². The molecule has 2 aromatic rings. The van der Waals surface area contributed by atoms with E-state index in [1.165, 1.54) is 12.3 Å². The molecule has 0 aliphatic rings. The second-order valence-corrected chi connectivity index (χ2v) is 4.21. The molecule has 4 nitrogen and oxygen atoms in total. The summed E-state index contributed by atoms with van der Waals surface area (Å²) in [6.07, 6.45) is 4.74. The molecule has 2 N–H and O–H groups in total. The first-order valence-corrected chi connectivity index (χ1v) is 6.23. The van der Waals surface area contributed by atoms with Gasteiger partial charge in [-0.3, -0.25) is 4.98 Å². The molecule has 0 radical (unpaired) electrons. The third kappa shape index (κ3) is 3.26. The third-order valence-corrected chi connectivity index (χ3v) is 2.93. The Morgan fingerprint density at radius 2 is 2.05 bits per heavy atom. The minimum atomic E-state index is -0.357. The van der Waals surface area contributed by atoms with E-state index in [2.05, 4.69) is 14.9 Å². The first kappa shape index (κ1) is 13.4. The van der Waals surface area contributed by atoms with Crippen LogP contribution in [0.2, 0.25) is 0 Å². The number of nitrogens with zero attached hydrogens (tertiary/aromatic N) is 3. The van der Waals surface area contributed by atoms with E-state index >= 15 is 0 Å². The fourth-order valence-corrected chi connectivity index (χ4v) is 1.95. The van der Waals surface area contributed by atoms with E-state index in [-0.39, 0.29) is 12.4 Å². The zero-order valence-corrected chi connectivity index (χ0v) is 10.9.